The molecule has 146 valence electrons. The van der Waals surface area contributed by atoms with E-state index in [0.717, 1.165) is 47.2 Å². The summed E-state index contributed by atoms with van der Waals surface area (Å²) in [6.45, 7) is 7.93. The minimum absolute atomic E-state index is 0. The molecule has 0 amide bonds. The van der Waals surface area contributed by atoms with E-state index < -0.39 is 0 Å². The van der Waals surface area contributed by atoms with Crippen molar-refractivity contribution in [1.29, 1.82) is 0 Å². The zero-order valence-corrected chi connectivity index (χ0v) is 18.8. The molecule has 3 rings (SSSR count). The molecule has 2 aromatic heterocycles. The van der Waals surface area contributed by atoms with Crippen LogP contribution in [-0.4, -0.2) is 24.0 Å². The first-order valence-electron chi connectivity index (χ1n) is 8.68. The molecule has 3 aromatic rings. The third-order valence-electron chi connectivity index (χ3n) is 4.02. The van der Waals surface area contributed by atoms with Crippen LogP contribution in [0.25, 0.3) is 11.0 Å². The fraction of sp³-hybridized carbons (Fsp3) is 0.368. The first kappa shape index (κ1) is 21.6. The molecule has 2 heterocycles. The van der Waals surface area contributed by atoms with Crippen molar-refractivity contribution in [1.82, 2.24) is 15.6 Å². The third-order valence-corrected chi connectivity index (χ3v) is 5.00. The van der Waals surface area contributed by atoms with Crippen LogP contribution in [0.2, 0.25) is 0 Å². The Bertz CT molecular complexity index is 922. The molecule has 2 N–H and O–H groups in total. The number of nitrogens with one attached hydrogen (secondary N) is 2. The molecular weight excluding hydrogens is 478 g/mol. The lowest BCUT2D eigenvalue weighted by Gasteiger charge is -2.10. The van der Waals surface area contributed by atoms with Crippen LogP contribution in [0.15, 0.2) is 33.8 Å². The summed E-state index contributed by atoms with van der Waals surface area (Å²) in [4.78, 5) is 10.2. The number of aromatic nitrogens is 1. The minimum Gasteiger partial charge on any atom is -0.459 e. The number of aliphatic imine (C=N–C) groups is 1. The Morgan fingerprint density at radius 1 is 1.30 bits per heavy atom. The van der Waals surface area contributed by atoms with Gasteiger partial charge in [-0.05, 0) is 39.0 Å². The molecule has 0 saturated heterocycles. The maximum absolute atomic E-state index is 13.4. The summed E-state index contributed by atoms with van der Waals surface area (Å²) in [6, 6.07) is 4.56. The molecule has 0 saturated carbocycles. The van der Waals surface area contributed by atoms with E-state index in [1.54, 1.807) is 17.4 Å². The van der Waals surface area contributed by atoms with Crippen molar-refractivity contribution in [2.75, 3.05) is 13.1 Å². The zero-order chi connectivity index (χ0) is 18.5. The molecule has 8 heteroatoms. The van der Waals surface area contributed by atoms with Crippen molar-refractivity contribution in [3.05, 3.63) is 51.4 Å². The van der Waals surface area contributed by atoms with Crippen LogP contribution in [-0.2, 0) is 13.0 Å². The summed E-state index contributed by atoms with van der Waals surface area (Å²) in [6.07, 6.45) is 2.75. The van der Waals surface area contributed by atoms with Gasteiger partial charge < -0.3 is 15.1 Å². The maximum Gasteiger partial charge on any atom is 0.191 e. The number of benzene rings is 1. The number of fused-ring (bicyclic) bond motifs is 1. The van der Waals surface area contributed by atoms with Gasteiger partial charge >= 0.3 is 0 Å². The summed E-state index contributed by atoms with van der Waals surface area (Å²) in [7, 11) is 0. The van der Waals surface area contributed by atoms with Gasteiger partial charge in [-0.15, -0.1) is 35.3 Å². The van der Waals surface area contributed by atoms with Gasteiger partial charge in [0.25, 0.3) is 0 Å². The summed E-state index contributed by atoms with van der Waals surface area (Å²) in [5.41, 5.74) is 1.61. The van der Waals surface area contributed by atoms with Gasteiger partial charge in [-0.2, -0.15) is 0 Å². The Morgan fingerprint density at radius 3 is 2.81 bits per heavy atom. The maximum atomic E-state index is 13.4. The Hall–Kier alpha value is -1.68. The van der Waals surface area contributed by atoms with Crippen molar-refractivity contribution in [2.24, 2.45) is 4.99 Å². The molecule has 0 bridgehead atoms. The first-order valence-corrected chi connectivity index (χ1v) is 9.49. The number of nitrogens with zero attached hydrogens (tertiary/aromatic N) is 2. The summed E-state index contributed by atoms with van der Waals surface area (Å²) >= 11 is 1.71. The van der Waals surface area contributed by atoms with Crippen molar-refractivity contribution in [3.8, 4) is 0 Å². The fourth-order valence-corrected chi connectivity index (χ4v) is 3.48. The molecule has 5 nitrogen and oxygen atoms in total. The average molecular weight is 502 g/mol. The second-order valence-corrected chi connectivity index (χ2v) is 7.35. The van der Waals surface area contributed by atoms with E-state index in [1.165, 1.54) is 17.0 Å². The van der Waals surface area contributed by atoms with E-state index in [-0.39, 0.29) is 29.8 Å². The van der Waals surface area contributed by atoms with Gasteiger partial charge in [0.15, 0.2) is 5.96 Å². The Balaban J connectivity index is 0.00000261. The van der Waals surface area contributed by atoms with E-state index in [0.29, 0.717) is 12.1 Å². The molecule has 0 atom stereocenters. The van der Waals surface area contributed by atoms with Gasteiger partial charge in [-0.1, -0.05) is 0 Å². The summed E-state index contributed by atoms with van der Waals surface area (Å²) in [5.74, 6) is 1.22. The van der Waals surface area contributed by atoms with Crippen LogP contribution < -0.4 is 10.6 Å². The zero-order valence-electron chi connectivity index (χ0n) is 15.6. The number of halogens is 2. The van der Waals surface area contributed by atoms with Crippen molar-refractivity contribution < 1.29 is 8.81 Å². The van der Waals surface area contributed by atoms with Crippen molar-refractivity contribution >= 4 is 52.2 Å². The normalized spacial score (nSPS) is 11.5. The number of rotatable bonds is 6. The Morgan fingerprint density at radius 2 is 2.11 bits per heavy atom. The molecule has 27 heavy (non-hydrogen) atoms. The number of furan rings is 1. The largest absolute Gasteiger partial charge is 0.459 e. The van der Waals surface area contributed by atoms with Crippen LogP contribution in [0.5, 0.6) is 0 Å². The molecule has 1 aromatic carbocycles. The average Bonchev–Trinajstić information content (AvgIpc) is 3.16. The quantitative estimate of drug-likeness (QED) is 0.295. The lowest BCUT2D eigenvalue weighted by Crippen LogP contribution is -2.38. The standard InChI is InChI=1S/C19H23FN4OS.HI/c1-4-21-19(22-8-7-18-23-10-12(2)26-18)24-11-17-13(3)15-9-14(20)5-6-16(15)25-17;/h5-6,9-10H,4,7-8,11H2,1-3H3,(H2,21,22,24);1H. The van der Waals surface area contributed by atoms with E-state index in [4.69, 9.17) is 4.42 Å². The SMILES string of the molecule is CCNC(=NCc1oc2ccc(F)cc2c1C)NCCc1ncc(C)s1.I. The molecule has 0 aliphatic carbocycles. The highest BCUT2D eigenvalue weighted by molar-refractivity contribution is 14.0. The van der Waals surface area contributed by atoms with Crippen molar-refractivity contribution in [3.63, 3.8) is 0 Å². The lowest BCUT2D eigenvalue weighted by molar-refractivity contribution is 0.547. The smallest absolute Gasteiger partial charge is 0.191 e. The molecular formula is C19H24FIN4OS. The van der Waals surface area contributed by atoms with Gasteiger partial charge in [0.1, 0.15) is 23.7 Å². The number of aryl methyl sites for hydroxylation is 2. The highest BCUT2D eigenvalue weighted by Gasteiger charge is 2.11. The number of hydrogen-bond acceptors (Lipinski definition) is 4. The van der Waals surface area contributed by atoms with E-state index in [9.17, 15) is 4.39 Å². The topological polar surface area (TPSA) is 62.5 Å². The van der Waals surface area contributed by atoms with Gasteiger partial charge in [-0.3, -0.25) is 0 Å². The monoisotopic (exact) mass is 502 g/mol. The van der Waals surface area contributed by atoms with Crippen molar-refractivity contribution in [2.45, 2.75) is 33.7 Å². The number of thiazole rings is 1. The van der Waals surface area contributed by atoms with E-state index in [2.05, 4.69) is 27.5 Å². The molecule has 0 fully saturated rings. The van der Waals surface area contributed by atoms with Crippen LogP contribution in [0, 0.1) is 19.7 Å². The minimum atomic E-state index is -0.260. The lowest BCUT2D eigenvalue weighted by atomic mass is 10.1. The van der Waals surface area contributed by atoms with Crippen LogP contribution in [0.1, 0.15) is 28.1 Å². The highest BCUT2D eigenvalue weighted by Crippen LogP contribution is 2.26. The van der Waals surface area contributed by atoms with E-state index in [1.807, 2.05) is 20.0 Å². The van der Waals surface area contributed by atoms with Crippen LogP contribution >= 0.6 is 35.3 Å². The van der Waals surface area contributed by atoms with Gasteiger partial charge in [0.05, 0.1) is 5.01 Å². The summed E-state index contributed by atoms with van der Waals surface area (Å²) < 4.78 is 19.2. The number of hydrogen-bond donors (Lipinski definition) is 2. The fourth-order valence-electron chi connectivity index (χ4n) is 2.69. The Kier molecular flexibility index (Phi) is 8.03. The van der Waals surface area contributed by atoms with Gasteiger partial charge in [0.2, 0.25) is 0 Å². The second kappa shape index (κ2) is 10.0. The molecule has 0 aliphatic heterocycles. The van der Waals surface area contributed by atoms with Crippen LogP contribution in [0.3, 0.4) is 0 Å². The third kappa shape index (κ3) is 5.65. The molecule has 0 spiro atoms. The van der Waals surface area contributed by atoms with Gasteiger partial charge in [0, 0.05) is 41.5 Å². The summed E-state index contributed by atoms with van der Waals surface area (Å²) in [5, 5.41) is 8.45. The predicted molar refractivity (Wildman–Crippen MR) is 120 cm³/mol. The second-order valence-electron chi connectivity index (χ2n) is 6.03. The predicted octanol–water partition coefficient (Wildman–Crippen LogP) is 4.56. The molecule has 0 unspecified atom stereocenters. The molecule has 0 radical (unpaired) electrons. The first-order chi connectivity index (χ1) is 12.6. The molecule has 0 aliphatic rings. The number of guanidine groups is 1. The Labute approximate surface area is 179 Å². The highest BCUT2D eigenvalue weighted by atomic mass is 127. The van der Waals surface area contributed by atoms with Crippen LogP contribution in [0.4, 0.5) is 4.39 Å². The van der Waals surface area contributed by atoms with E-state index >= 15 is 0 Å². The van der Waals surface area contributed by atoms with Gasteiger partial charge in [-0.25, -0.2) is 14.4 Å².